The van der Waals surface area contributed by atoms with E-state index in [-0.39, 0.29) is 23.3 Å². The SMILES string of the molecule is CC(C(=O)NC(C)(C)C)n1ccc2c1CCCC2=O. The molecule has 0 bridgehead atoms. The van der Waals surface area contributed by atoms with Gasteiger partial charge in [0.05, 0.1) is 0 Å². The molecule has 0 spiro atoms. The molecule has 19 heavy (non-hydrogen) atoms. The predicted molar refractivity (Wildman–Crippen MR) is 74.3 cm³/mol. The summed E-state index contributed by atoms with van der Waals surface area (Å²) in [5, 5.41) is 2.98. The van der Waals surface area contributed by atoms with Crippen LogP contribution in [0.15, 0.2) is 12.3 Å². The van der Waals surface area contributed by atoms with E-state index in [1.54, 1.807) is 0 Å². The summed E-state index contributed by atoms with van der Waals surface area (Å²) in [4.78, 5) is 24.0. The van der Waals surface area contributed by atoms with Crippen molar-refractivity contribution >= 4 is 11.7 Å². The van der Waals surface area contributed by atoms with Gasteiger partial charge in [-0.1, -0.05) is 0 Å². The van der Waals surface area contributed by atoms with Crippen LogP contribution in [0.1, 0.15) is 62.6 Å². The Morgan fingerprint density at radius 1 is 1.37 bits per heavy atom. The van der Waals surface area contributed by atoms with E-state index in [0.717, 1.165) is 24.1 Å². The van der Waals surface area contributed by atoms with Gasteiger partial charge in [-0.15, -0.1) is 0 Å². The molecule has 4 heteroatoms. The number of rotatable bonds is 2. The van der Waals surface area contributed by atoms with Crippen LogP contribution in [0.5, 0.6) is 0 Å². The first kappa shape index (κ1) is 13.8. The van der Waals surface area contributed by atoms with Crippen molar-refractivity contribution in [3.05, 3.63) is 23.5 Å². The van der Waals surface area contributed by atoms with E-state index in [4.69, 9.17) is 0 Å². The van der Waals surface area contributed by atoms with Gasteiger partial charge in [-0.05, 0) is 46.6 Å². The maximum atomic E-state index is 12.2. The van der Waals surface area contributed by atoms with Gasteiger partial charge in [0.25, 0.3) is 0 Å². The van der Waals surface area contributed by atoms with Crippen molar-refractivity contribution in [2.24, 2.45) is 0 Å². The molecule has 1 amide bonds. The summed E-state index contributed by atoms with van der Waals surface area (Å²) in [6.07, 6.45) is 4.24. The molecule has 0 radical (unpaired) electrons. The molecule has 1 aromatic rings. The number of carbonyl (C=O) groups is 2. The van der Waals surface area contributed by atoms with Crippen LogP contribution in [0.25, 0.3) is 0 Å². The van der Waals surface area contributed by atoms with E-state index in [0.29, 0.717) is 6.42 Å². The van der Waals surface area contributed by atoms with Gasteiger partial charge in [0, 0.05) is 29.4 Å². The predicted octanol–water partition coefficient (Wildman–Crippen LogP) is 2.48. The summed E-state index contributed by atoms with van der Waals surface area (Å²) in [5.41, 5.74) is 1.56. The van der Waals surface area contributed by atoms with Crippen LogP contribution < -0.4 is 5.32 Å². The molecular formula is C15H22N2O2. The van der Waals surface area contributed by atoms with Crippen LogP contribution in [0, 0.1) is 0 Å². The second-order valence-electron chi connectivity index (χ2n) is 6.28. The number of nitrogens with one attached hydrogen (secondary N) is 1. The van der Waals surface area contributed by atoms with Crippen molar-refractivity contribution in [2.45, 2.75) is 58.5 Å². The number of amides is 1. The van der Waals surface area contributed by atoms with E-state index in [1.807, 2.05) is 44.5 Å². The Morgan fingerprint density at radius 3 is 2.68 bits per heavy atom. The van der Waals surface area contributed by atoms with Gasteiger partial charge in [-0.2, -0.15) is 0 Å². The van der Waals surface area contributed by atoms with Gasteiger partial charge in [0.15, 0.2) is 5.78 Å². The second-order valence-corrected chi connectivity index (χ2v) is 6.28. The topological polar surface area (TPSA) is 51.1 Å². The van der Waals surface area contributed by atoms with E-state index in [2.05, 4.69) is 5.32 Å². The lowest BCUT2D eigenvalue weighted by molar-refractivity contribution is -0.125. The Hall–Kier alpha value is -1.58. The average Bonchev–Trinajstić information content (AvgIpc) is 2.71. The van der Waals surface area contributed by atoms with E-state index in [9.17, 15) is 9.59 Å². The number of nitrogens with zero attached hydrogens (tertiary/aromatic N) is 1. The third kappa shape index (κ3) is 2.88. The van der Waals surface area contributed by atoms with E-state index in [1.165, 1.54) is 0 Å². The summed E-state index contributed by atoms with van der Waals surface area (Å²) in [7, 11) is 0. The van der Waals surface area contributed by atoms with Gasteiger partial charge in [-0.25, -0.2) is 0 Å². The maximum Gasteiger partial charge on any atom is 0.243 e. The molecule has 1 aromatic heterocycles. The lowest BCUT2D eigenvalue weighted by Gasteiger charge is -2.25. The van der Waals surface area contributed by atoms with Crippen molar-refractivity contribution in [3.63, 3.8) is 0 Å². The fourth-order valence-corrected chi connectivity index (χ4v) is 2.51. The quantitative estimate of drug-likeness (QED) is 0.890. The summed E-state index contributed by atoms with van der Waals surface area (Å²) >= 11 is 0. The Kier molecular flexibility index (Phi) is 3.52. The van der Waals surface area contributed by atoms with Gasteiger partial charge < -0.3 is 9.88 Å². The van der Waals surface area contributed by atoms with Crippen molar-refractivity contribution < 1.29 is 9.59 Å². The highest BCUT2D eigenvalue weighted by molar-refractivity contribution is 5.98. The van der Waals surface area contributed by atoms with Crippen LogP contribution in [0.2, 0.25) is 0 Å². The standard InChI is InChI=1S/C15H22N2O2/c1-10(14(19)16-15(2,3)4)17-9-8-11-12(17)6-5-7-13(11)18/h8-10H,5-7H2,1-4H3,(H,16,19). The third-order valence-corrected chi connectivity index (χ3v) is 3.44. The van der Waals surface area contributed by atoms with Crippen LogP contribution >= 0.6 is 0 Å². The van der Waals surface area contributed by atoms with Crippen LogP contribution in [0.3, 0.4) is 0 Å². The second kappa shape index (κ2) is 4.83. The van der Waals surface area contributed by atoms with Gasteiger partial charge in [0.1, 0.15) is 6.04 Å². The molecule has 1 unspecified atom stereocenters. The van der Waals surface area contributed by atoms with Crippen molar-refractivity contribution in [1.29, 1.82) is 0 Å². The highest BCUT2D eigenvalue weighted by Gasteiger charge is 2.26. The highest BCUT2D eigenvalue weighted by Crippen LogP contribution is 2.25. The molecule has 1 atom stereocenters. The van der Waals surface area contributed by atoms with Gasteiger partial charge in [0.2, 0.25) is 5.91 Å². The van der Waals surface area contributed by atoms with Gasteiger partial charge in [-0.3, -0.25) is 9.59 Å². The van der Waals surface area contributed by atoms with Crippen LogP contribution in [-0.4, -0.2) is 21.8 Å². The fourth-order valence-electron chi connectivity index (χ4n) is 2.51. The molecule has 0 aliphatic heterocycles. The minimum absolute atomic E-state index is 0.0103. The van der Waals surface area contributed by atoms with Crippen LogP contribution in [0.4, 0.5) is 0 Å². The number of hydrogen-bond donors (Lipinski definition) is 1. The average molecular weight is 262 g/mol. The molecule has 104 valence electrons. The first-order valence-electron chi connectivity index (χ1n) is 6.84. The number of ketones is 1. The number of fused-ring (bicyclic) bond motifs is 1. The lowest BCUT2D eigenvalue weighted by Crippen LogP contribution is -2.44. The number of Topliss-reactive ketones (excluding diaryl/α,β-unsaturated/α-hetero) is 1. The van der Waals surface area contributed by atoms with Crippen molar-refractivity contribution in [1.82, 2.24) is 9.88 Å². The number of hydrogen-bond acceptors (Lipinski definition) is 2. The molecule has 1 heterocycles. The Morgan fingerprint density at radius 2 is 2.05 bits per heavy atom. The highest BCUT2D eigenvalue weighted by atomic mass is 16.2. The fraction of sp³-hybridized carbons (Fsp3) is 0.600. The molecule has 0 saturated heterocycles. The third-order valence-electron chi connectivity index (χ3n) is 3.44. The first-order valence-corrected chi connectivity index (χ1v) is 6.84. The number of carbonyl (C=O) groups excluding carboxylic acids is 2. The minimum atomic E-state index is -0.283. The largest absolute Gasteiger partial charge is 0.350 e. The smallest absolute Gasteiger partial charge is 0.243 e. The normalized spacial score (nSPS) is 16.9. The number of aromatic nitrogens is 1. The summed E-state index contributed by atoms with van der Waals surface area (Å²) in [5.74, 6) is 0.187. The molecule has 1 aliphatic rings. The minimum Gasteiger partial charge on any atom is -0.350 e. The molecule has 4 nitrogen and oxygen atoms in total. The van der Waals surface area contributed by atoms with Crippen molar-refractivity contribution in [3.8, 4) is 0 Å². The molecule has 1 aliphatic carbocycles. The molecule has 0 fully saturated rings. The Labute approximate surface area is 114 Å². The summed E-state index contributed by atoms with van der Waals surface area (Å²) < 4.78 is 1.94. The molecule has 0 aromatic carbocycles. The Balaban J connectivity index is 2.23. The summed E-state index contributed by atoms with van der Waals surface area (Å²) in [6.45, 7) is 7.77. The lowest BCUT2D eigenvalue weighted by atomic mass is 9.96. The zero-order chi connectivity index (χ0) is 14.2. The molecule has 2 rings (SSSR count). The first-order chi connectivity index (χ1) is 8.79. The summed E-state index contributed by atoms with van der Waals surface area (Å²) in [6, 6.07) is 1.56. The van der Waals surface area contributed by atoms with Gasteiger partial charge >= 0.3 is 0 Å². The molecular weight excluding hydrogens is 240 g/mol. The Bertz CT molecular complexity index is 509. The van der Waals surface area contributed by atoms with Crippen LogP contribution in [-0.2, 0) is 11.2 Å². The maximum absolute atomic E-state index is 12.2. The zero-order valence-electron chi connectivity index (χ0n) is 12.1. The van der Waals surface area contributed by atoms with Crippen molar-refractivity contribution in [2.75, 3.05) is 0 Å². The van der Waals surface area contributed by atoms with E-state index < -0.39 is 0 Å². The van der Waals surface area contributed by atoms with E-state index >= 15 is 0 Å². The molecule has 0 saturated carbocycles. The zero-order valence-corrected chi connectivity index (χ0v) is 12.1. The monoisotopic (exact) mass is 262 g/mol. The molecule has 1 N–H and O–H groups in total.